The molecule has 0 aromatic heterocycles. The third kappa shape index (κ3) is 3.31. The van der Waals surface area contributed by atoms with Gasteiger partial charge in [0.25, 0.3) is 0 Å². The van der Waals surface area contributed by atoms with Crippen molar-refractivity contribution in [3.8, 4) is 11.5 Å². The SMILES string of the molecule is COc1ccc(COc2c(C)cccc2CBr)cc1F. The first-order chi connectivity index (χ1) is 9.65. The van der Waals surface area contributed by atoms with Gasteiger partial charge in [-0.15, -0.1) is 0 Å². The van der Waals surface area contributed by atoms with Gasteiger partial charge in [-0.05, 0) is 30.2 Å². The monoisotopic (exact) mass is 338 g/mol. The van der Waals surface area contributed by atoms with E-state index in [1.165, 1.54) is 13.2 Å². The molecule has 20 heavy (non-hydrogen) atoms. The second kappa shape index (κ2) is 6.75. The van der Waals surface area contributed by atoms with Crippen LogP contribution >= 0.6 is 15.9 Å². The first-order valence-electron chi connectivity index (χ1n) is 6.25. The highest BCUT2D eigenvalue weighted by atomic mass is 79.9. The van der Waals surface area contributed by atoms with E-state index in [9.17, 15) is 4.39 Å². The largest absolute Gasteiger partial charge is 0.494 e. The van der Waals surface area contributed by atoms with E-state index in [0.717, 1.165) is 27.8 Å². The van der Waals surface area contributed by atoms with Gasteiger partial charge in [0.15, 0.2) is 11.6 Å². The van der Waals surface area contributed by atoms with E-state index in [2.05, 4.69) is 15.9 Å². The van der Waals surface area contributed by atoms with Crippen molar-refractivity contribution < 1.29 is 13.9 Å². The molecule has 2 aromatic rings. The van der Waals surface area contributed by atoms with Crippen molar-refractivity contribution in [3.63, 3.8) is 0 Å². The number of aryl methyl sites for hydroxylation is 1. The van der Waals surface area contributed by atoms with Gasteiger partial charge in [0.2, 0.25) is 0 Å². The molecule has 0 heterocycles. The molecule has 0 aliphatic heterocycles. The fourth-order valence-corrected chi connectivity index (χ4v) is 2.42. The molecule has 0 radical (unpaired) electrons. The van der Waals surface area contributed by atoms with Crippen LogP contribution in [0.4, 0.5) is 4.39 Å². The van der Waals surface area contributed by atoms with Crippen LogP contribution in [0.3, 0.4) is 0 Å². The molecule has 0 N–H and O–H groups in total. The molecular formula is C16H16BrFO2. The molecule has 0 unspecified atom stereocenters. The number of halogens is 2. The lowest BCUT2D eigenvalue weighted by Gasteiger charge is -2.13. The molecule has 0 atom stereocenters. The Hall–Kier alpha value is -1.55. The van der Waals surface area contributed by atoms with Crippen molar-refractivity contribution in [2.75, 3.05) is 7.11 Å². The first kappa shape index (κ1) is 14.9. The second-order valence-electron chi connectivity index (χ2n) is 4.45. The van der Waals surface area contributed by atoms with Crippen molar-refractivity contribution >= 4 is 15.9 Å². The standard InChI is InChI=1S/C16H16BrFO2/c1-11-4-3-5-13(9-17)16(11)20-10-12-6-7-15(19-2)14(18)8-12/h3-8H,9-10H2,1-2H3. The number of para-hydroxylation sites is 1. The summed E-state index contributed by atoms with van der Waals surface area (Å²) in [7, 11) is 1.45. The van der Waals surface area contributed by atoms with Crippen LogP contribution in [0.15, 0.2) is 36.4 Å². The molecule has 0 bridgehead atoms. The van der Waals surface area contributed by atoms with Crippen LogP contribution in [0, 0.1) is 12.7 Å². The van der Waals surface area contributed by atoms with E-state index >= 15 is 0 Å². The number of methoxy groups -OCH3 is 1. The Bertz CT molecular complexity index is 599. The Kier molecular flexibility index (Phi) is 5.01. The zero-order chi connectivity index (χ0) is 14.5. The van der Waals surface area contributed by atoms with Gasteiger partial charge < -0.3 is 9.47 Å². The minimum atomic E-state index is -0.376. The number of benzene rings is 2. The van der Waals surface area contributed by atoms with Gasteiger partial charge in [0, 0.05) is 10.9 Å². The average molecular weight is 339 g/mol. The highest BCUT2D eigenvalue weighted by Gasteiger charge is 2.08. The number of alkyl halides is 1. The molecule has 2 rings (SSSR count). The molecule has 0 fully saturated rings. The van der Waals surface area contributed by atoms with Gasteiger partial charge in [-0.1, -0.05) is 40.2 Å². The third-order valence-electron chi connectivity index (χ3n) is 3.04. The molecule has 0 saturated heterocycles. The molecule has 2 nitrogen and oxygen atoms in total. The van der Waals surface area contributed by atoms with Crippen molar-refractivity contribution in [1.29, 1.82) is 0 Å². The zero-order valence-electron chi connectivity index (χ0n) is 11.5. The van der Waals surface area contributed by atoms with E-state index < -0.39 is 0 Å². The Labute approximate surface area is 126 Å². The third-order valence-corrected chi connectivity index (χ3v) is 3.64. The number of hydrogen-bond donors (Lipinski definition) is 0. The maximum atomic E-state index is 13.6. The summed E-state index contributed by atoms with van der Waals surface area (Å²) in [6.45, 7) is 2.32. The van der Waals surface area contributed by atoms with Gasteiger partial charge in [-0.2, -0.15) is 0 Å². The Balaban J connectivity index is 2.15. The predicted octanol–water partition coefficient (Wildman–Crippen LogP) is 4.62. The quantitative estimate of drug-likeness (QED) is 0.741. The fourth-order valence-electron chi connectivity index (χ4n) is 1.98. The van der Waals surface area contributed by atoms with Crippen LogP contribution in [-0.2, 0) is 11.9 Å². The van der Waals surface area contributed by atoms with Gasteiger partial charge in [-0.3, -0.25) is 0 Å². The summed E-state index contributed by atoms with van der Waals surface area (Å²) in [6.07, 6.45) is 0. The van der Waals surface area contributed by atoms with Crippen LogP contribution < -0.4 is 9.47 Å². The van der Waals surface area contributed by atoms with E-state index in [1.807, 2.05) is 25.1 Å². The first-order valence-corrected chi connectivity index (χ1v) is 7.37. The average Bonchev–Trinajstić information content (AvgIpc) is 2.46. The molecule has 0 aliphatic rings. The lowest BCUT2D eigenvalue weighted by molar-refractivity contribution is 0.300. The topological polar surface area (TPSA) is 18.5 Å². The van der Waals surface area contributed by atoms with Crippen LogP contribution in [-0.4, -0.2) is 7.11 Å². The Morgan fingerprint density at radius 1 is 1.20 bits per heavy atom. The number of ether oxygens (including phenoxy) is 2. The predicted molar refractivity (Wildman–Crippen MR) is 81.1 cm³/mol. The van der Waals surface area contributed by atoms with Gasteiger partial charge >= 0.3 is 0 Å². The molecule has 2 aromatic carbocycles. The molecule has 0 amide bonds. The van der Waals surface area contributed by atoms with E-state index in [1.54, 1.807) is 12.1 Å². The lowest BCUT2D eigenvalue weighted by atomic mass is 10.1. The second-order valence-corrected chi connectivity index (χ2v) is 5.02. The van der Waals surface area contributed by atoms with Gasteiger partial charge in [-0.25, -0.2) is 4.39 Å². The zero-order valence-corrected chi connectivity index (χ0v) is 13.0. The minimum Gasteiger partial charge on any atom is -0.494 e. The Morgan fingerprint density at radius 2 is 2.00 bits per heavy atom. The van der Waals surface area contributed by atoms with Gasteiger partial charge in [0.1, 0.15) is 12.4 Å². The highest BCUT2D eigenvalue weighted by Crippen LogP contribution is 2.27. The van der Waals surface area contributed by atoms with E-state index in [4.69, 9.17) is 9.47 Å². The Morgan fingerprint density at radius 3 is 2.65 bits per heavy atom. The number of rotatable bonds is 5. The summed E-state index contributed by atoms with van der Waals surface area (Å²) in [5, 5.41) is 0.723. The van der Waals surface area contributed by atoms with Crippen LogP contribution in [0.2, 0.25) is 0 Å². The van der Waals surface area contributed by atoms with Crippen molar-refractivity contribution in [3.05, 3.63) is 58.9 Å². The summed E-state index contributed by atoms with van der Waals surface area (Å²) in [6, 6.07) is 10.8. The van der Waals surface area contributed by atoms with Crippen molar-refractivity contribution in [2.45, 2.75) is 18.9 Å². The molecule has 4 heteroatoms. The maximum Gasteiger partial charge on any atom is 0.165 e. The van der Waals surface area contributed by atoms with Gasteiger partial charge in [0.05, 0.1) is 7.11 Å². The van der Waals surface area contributed by atoms with Crippen LogP contribution in [0.25, 0.3) is 0 Å². The van der Waals surface area contributed by atoms with Crippen molar-refractivity contribution in [1.82, 2.24) is 0 Å². The van der Waals surface area contributed by atoms with E-state index in [0.29, 0.717) is 6.61 Å². The summed E-state index contributed by atoms with van der Waals surface area (Å²) in [5.74, 6) is 0.713. The smallest absolute Gasteiger partial charge is 0.165 e. The fraction of sp³-hybridized carbons (Fsp3) is 0.250. The summed E-state index contributed by atoms with van der Waals surface area (Å²) in [4.78, 5) is 0. The van der Waals surface area contributed by atoms with E-state index in [-0.39, 0.29) is 11.6 Å². The summed E-state index contributed by atoms with van der Waals surface area (Å²) < 4.78 is 24.3. The van der Waals surface area contributed by atoms with Crippen LogP contribution in [0.5, 0.6) is 11.5 Å². The maximum absolute atomic E-state index is 13.6. The van der Waals surface area contributed by atoms with Crippen LogP contribution in [0.1, 0.15) is 16.7 Å². The molecule has 0 saturated carbocycles. The molecule has 106 valence electrons. The summed E-state index contributed by atoms with van der Waals surface area (Å²) >= 11 is 3.44. The molecular weight excluding hydrogens is 323 g/mol. The summed E-state index contributed by atoms with van der Waals surface area (Å²) in [5.41, 5.74) is 2.92. The highest BCUT2D eigenvalue weighted by molar-refractivity contribution is 9.08. The van der Waals surface area contributed by atoms with Crippen molar-refractivity contribution in [2.24, 2.45) is 0 Å². The normalized spacial score (nSPS) is 10.4. The number of hydrogen-bond acceptors (Lipinski definition) is 2. The lowest BCUT2D eigenvalue weighted by Crippen LogP contribution is -2.00. The molecule has 0 spiro atoms. The molecule has 0 aliphatic carbocycles. The minimum absolute atomic E-state index is 0.241.